The van der Waals surface area contributed by atoms with Crippen molar-refractivity contribution in [2.75, 3.05) is 4.90 Å². The largest absolute Gasteiger partial charge is 0.508 e. The Hall–Kier alpha value is -2.92. The standard InChI is InChI=1S/C24H16BrNO3/c25-24-17-10-3-1-8-15(17)19(16-9-2-4-11-18(16)24)20-21(24)23(29)26(22(20)28)13-6-5-7-14(27)12-13/h1-12,19-21,27H. The van der Waals surface area contributed by atoms with Gasteiger partial charge in [-0.05, 0) is 34.4 Å². The molecule has 7 rings (SSSR count). The van der Waals surface area contributed by atoms with Gasteiger partial charge in [0.2, 0.25) is 11.8 Å². The number of phenolic OH excluding ortho intramolecular Hbond substituents is 1. The summed E-state index contributed by atoms with van der Waals surface area (Å²) >= 11 is 3.97. The molecule has 2 amide bonds. The van der Waals surface area contributed by atoms with Crippen LogP contribution < -0.4 is 4.90 Å². The smallest absolute Gasteiger partial charge is 0.239 e. The van der Waals surface area contributed by atoms with E-state index in [2.05, 4.69) is 40.2 Å². The second-order valence-corrected chi connectivity index (χ2v) is 9.15. The maximum absolute atomic E-state index is 13.7. The van der Waals surface area contributed by atoms with Crippen LogP contribution in [0.15, 0.2) is 72.8 Å². The van der Waals surface area contributed by atoms with Gasteiger partial charge in [-0.3, -0.25) is 9.59 Å². The van der Waals surface area contributed by atoms with E-state index < -0.39 is 16.2 Å². The number of hydrogen-bond acceptors (Lipinski definition) is 3. The molecule has 1 heterocycles. The predicted molar refractivity (Wildman–Crippen MR) is 112 cm³/mol. The lowest BCUT2D eigenvalue weighted by atomic mass is 9.55. The van der Waals surface area contributed by atoms with Gasteiger partial charge < -0.3 is 5.11 Å². The van der Waals surface area contributed by atoms with Crippen LogP contribution in [-0.4, -0.2) is 16.9 Å². The van der Waals surface area contributed by atoms with E-state index in [1.165, 1.54) is 17.0 Å². The number of nitrogens with zero attached hydrogens (tertiary/aromatic N) is 1. The van der Waals surface area contributed by atoms with Crippen molar-refractivity contribution in [3.05, 3.63) is 95.1 Å². The van der Waals surface area contributed by atoms with Crippen LogP contribution in [0.25, 0.3) is 0 Å². The highest BCUT2D eigenvalue weighted by Gasteiger charge is 2.67. The fraction of sp³-hybridized carbons (Fsp3) is 0.167. The van der Waals surface area contributed by atoms with Crippen LogP contribution in [0.5, 0.6) is 5.75 Å². The molecule has 4 nitrogen and oxygen atoms in total. The number of anilines is 1. The zero-order valence-corrected chi connectivity index (χ0v) is 16.8. The second kappa shape index (κ2) is 5.57. The molecule has 3 aromatic rings. The molecule has 2 unspecified atom stereocenters. The molecule has 2 atom stereocenters. The zero-order valence-electron chi connectivity index (χ0n) is 15.2. The van der Waals surface area contributed by atoms with Gasteiger partial charge in [-0.25, -0.2) is 4.90 Å². The van der Waals surface area contributed by atoms with Crippen molar-refractivity contribution < 1.29 is 14.7 Å². The lowest BCUT2D eigenvalue weighted by Crippen LogP contribution is -2.50. The summed E-state index contributed by atoms with van der Waals surface area (Å²) in [6.07, 6.45) is 0. The minimum atomic E-state index is -0.752. The monoisotopic (exact) mass is 445 g/mol. The van der Waals surface area contributed by atoms with Gasteiger partial charge in [-0.1, -0.05) is 70.5 Å². The average molecular weight is 446 g/mol. The molecule has 0 radical (unpaired) electrons. The third-order valence-electron chi connectivity index (χ3n) is 6.60. The molecule has 3 aliphatic carbocycles. The maximum Gasteiger partial charge on any atom is 0.239 e. The summed E-state index contributed by atoms with van der Waals surface area (Å²) < 4.78 is -0.752. The maximum atomic E-state index is 13.7. The lowest BCUT2D eigenvalue weighted by Gasteiger charge is -2.51. The number of carbonyl (C=O) groups is 2. The molecule has 142 valence electrons. The number of imide groups is 1. The van der Waals surface area contributed by atoms with Crippen LogP contribution in [0.2, 0.25) is 0 Å². The predicted octanol–water partition coefficient (Wildman–Crippen LogP) is 4.30. The summed E-state index contributed by atoms with van der Waals surface area (Å²) in [6, 6.07) is 22.5. The third kappa shape index (κ3) is 1.94. The first-order chi connectivity index (χ1) is 14.0. The summed E-state index contributed by atoms with van der Waals surface area (Å²) in [4.78, 5) is 28.5. The molecule has 1 N–H and O–H groups in total. The fourth-order valence-corrected chi connectivity index (χ4v) is 6.77. The number of alkyl halides is 1. The Kier molecular flexibility index (Phi) is 3.26. The molecule has 3 aromatic carbocycles. The Morgan fingerprint density at radius 3 is 2.07 bits per heavy atom. The van der Waals surface area contributed by atoms with Crippen molar-refractivity contribution in [2.24, 2.45) is 11.8 Å². The van der Waals surface area contributed by atoms with E-state index in [9.17, 15) is 14.7 Å². The first-order valence-electron chi connectivity index (χ1n) is 9.58. The van der Waals surface area contributed by atoms with Gasteiger partial charge in [-0.2, -0.15) is 0 Å². The van der Waals surface area contributed by atoms with Crippen molar-refractivity contribution in [1.82, 2.24) is 0 Å². The van der Waals surface area contributed by atoms with Crippen molar-refractivity contribution in [3.8, 4) is 5.75 Å². The molecule has 29 heavy (non-hydrogen) atoms. The number of halogens is 1. The molecule has 1 saturated heterocycles. The first kappa shape index (κ1) is 17.0. The quantitative estimate of drug-likeness (QED) is 0.448. The number of carbonyl (C=O) groups excluding carboxylic acids is 2. The molecule has 1 fully saturated rings. The Morgan fingerprint density at radius 2 is 1.45 bits per heavy atom. The number of rotatable bonds is 1. The highest BCUT2D eigenvalue weighted by molar-refractivity contribution is 9.09. The van der Waals surface area contributed by atoms with E-state index in [1.54, 1.807) is 12.1 Å². The molecule has 4 aliphatic rings. The zero-order chi connectivity index (χ0) is 19.9. The van der Waals surface area contributed by atoms with Crippen LogP contribution in [-0.2, 0) is 13.9 Å². The Balaban J connectivity index is 1.63. The lowest BCUT2D eigenvalue weighted by molar-refractivity contribution is -0.122. The Bertz CT molecular complexity index is 1170. The molecule has 0 saturated carbocycles. The van der Waals surface area contributed by atoms with Crippen LogP contribution in [0.3, 0.4) is 0 Å². The van der Waals surface area contributed by atoms with Gasteiger partial charge in [0.15, 0.2) is 0 Å². The normalized spacial score (nSPS) is 28.9. The van der Waals surface area contributed by atoms with E-state index in [4.69, 9.17) is 0 Å². The van der Waals surface area contributed by atoms with Gasteiger partial charge in [0.1, 0.15) is 5.75 Å². The third-order valence-corrected chi connectivity index (χ3v) is 7.95. The van der Waals surface area contributed by atoms with Gasteiger partial charge in [0, 0.05) is 12.0 Å². The van der Waals surface area contributed by atoms with E-state index >= 15 is 0 Å². The number of aromatic hydroxyl groups is 1. The summed E-state index contributed by atoms with van der Waals surface area (Å²) in [5, 5.41) is 9.90. The number of hydrogen-bond donors (Lipinski definition) is 1. The Labute approximate surface area is 175 Å². The highest BCUT2D eigenvalue weighted by atomic mass is 79.9. The van der Waals surface area contributed by atoms with Crippen molar-refractivity contribution in [3.63, 3.8) is 0 Å². The minimum absolute atomic E-state index is 0.0288. The van der Waals surface area contributed by atoms with E-state index in [-0.39, 0.29) is 23.5 Å². The fourth-order valence-electron chi connectivity index (χ4n) is 5.57. The van der Waals surface area contributed by atoms with Crippen LogP contribution in [0.4, 0.5) is 5.69 Å². The van der Waals surface area contributed by atoms with E-state index in [0.717, 1.165) is 22.3 Å². The number of amides is 2. The molecule has 0 aromatic heterocycles. The second-order valence-electron chi connectivity index (χ2n) is 7.90. The molecule has 1 aliphatic heterocycles. The van der Waals surface area contributed by atoms with E-state index in [0.29, 0.717) is 5.69 Å². The summed E-state index contributed by atoms with van der Waals surface area (Å²) in [5.41, 5.74) is 4.73. The Morgan fingerprint density at radius 1 is 0.828 bits per heavy atom. The molecular weight excluding hydrogens is 430 g/mol. The van der Waals surface area contributed by atoms with Crippen molar-refractivity contribution in [2.45, 2.75) is 10.2 Å². The average Bonchev–Trinajstić information content (AvgIpc) is 3.00. The van der Waals surface area contributed by atoms with Gasteiger partial charge >= 0.3 is 0 Å². The SMILES string of the molecule is O=C1C2C3c4ccccc4C(Br)(c4ccccc43)C2C(=O)N1c1cccc(O)c1. The minimum Gasteiger partial charge on any atom is -0.508 e. The van der Waals surface area contributed by atoms with Crippen molar-refractivity contribution in [1.29, 1.82) is 0 Å². The van der Waals surface area contributed by atoms with E-state index in [1.807, 2.05) is 24.3 Å². The van der Waals surface area contributed by atoms with Gasteiger partial charge in [0.25, 0.3) is 0 Å². The van der Waals surface area contributed by atoms with Crippen LogP contribution >= 0.6 is 15.9 Å². The van der Waals surface area contributed by atoms with Gasteiger partial charge in [0.05, 0.1) is 21.8 Å². The molecule has 0 spiro atoms. The van der Waals surface area contributed by atoms with Gasteiger partial charge in [-0.15, -0.1) is 0 Å². The van der Waals surface area contributed by atoms with Crippen molar-refractivity contribution >= 4 is 33.4 Å². The number of benzene rings is 3. The topological polar surface area (TPSA) is 57.6 Å². The molecule has 2 bridgehead atoms. The van der Waals surface area contributed by atoms with Crippen LogP contribution in [0, 0.1) is 11.8 Å². The summed E-state index contributed by atoms with van der Waals surface area (Å²) in [6.45, 7) is 0. The number of phenols is 1. The molecule has 5 heteroatoms. The van der Waals surface area contributed by atoms with Crippen LogP contribution in [0.1, 0.15) is 28.2 Å². The summed E-state index contributed by atoms with van der Waals surface area (Å²) in [7, 11) is 0. The first-order valence-corrected chi connectivity index (χ1v) is 10.4. The highest BCUT2D eigenvalue weighted by Crippen LogP contribution is 2.66. The summed E-state index contributed by atoms with van der Waals surface area (Å²) in [5.74, 6) is -1.58. The molecular formula is C24H16BrNO3.